The number of carbonyl (C=O) groups is 2. The zero-order chi connectivity index (χ0) is 33.9. The van der Waals surface area contributed by atoms with Gasteiger partial charge in [-0.2, -0.15) is 18.3 Å². The average molecular weight is 661 g/mol. The van der Waals surface area contributed by atoms with Gasteiger partial charge in [-0.15, -0.1) is 0 Å². The first-order chi connectivity index (χ1) is 22.4. The molecule has 0 radical (unpaired) electrons. The number of hydrogen-bond acceptors (Lipinski definition) is 7. The predicted molar refractivity (Wildman–Crippen MR) is 165 cm³/mol. The molecule has 10 nitrogen and oxygen atoms in total. The van der Waals surface area contributed by atoms with Crippen LogP contribution in [0.2, 0.25) is 0 Å². The molecule has 1 amide bonds. The molecule has 2 atom stereocenters. The number of aromatic nitrogens is 4. The lowest BCUT2D eigenvalue weighted by Crippen LogP contribution is -2.57. The summed E-state index contributed by atoms with van der Waals surface area (Å²) < 4.78 is 62.9. The lowest BCUT2D eigenvalue weighted by atomic mass is 9.87. The molecule has 0 bridgehead atoms. The molecule has 254 valence electrons. The molecule has 1 N–H and O–H groups in total. The summed E-state index contributed by atoms with van der Waals surface area (Å²) in [6, 6.07) is 1.72. The number of carbonyl (C=O) groups excluding carboxylic acids is 1. The zero-order valence-corrected chi connectivity index (χ0v) is 26.7. The number of amides is 1. The van der Waals surface area contributed by atoms with Crippen molar-refractivity contribution in [2.75, 3.05) is 4.90 Å². The first kappa shape index (κ1) is 34.1. The summed E-state index contributed by atoms with van der Waals surface area (Å²) in [6.07, 6.45) is 5.21. The van der Waals surface area contributed by atoms with Crippen molar-refractivity contribution in [3.05, 3.63) is 59.9 Å². The molecular formula is C33H40F4N6O4. The van der Waals surface area contributed by atoms with Crippen LogP contribution in [0.4, 0.5) is 28.3 Å². The van der Waals surface area contributed by atoms with Gasteiger partial charge in [0.2, 0.25) is 5.95 Å². The van der Waals surface area contributed by atoms with E-state index >= 15 is 0 Å². The second-order valence-electron chi connectivity index (χ2n) is 12.5. The van der Waals surface area contributed by atoms with E-state index in [1.165, 1.54) is 0 Å². The van der Waals surface area contributed by atoms with Crippen molar-refractivity contribution in [3.63, 3.8) is 0 Å². The van der Waals surface area contributed by atoms with Gasteiger partial charge in [0.15, 0.2) is 0 Å². The Balaban J connectivity index is 1.41. The van der Waals surface area contributed by atoms with Crippen LogP contribution in [0, 0.1) is 11.7 Å². The standard InChI is InChI=1S/C33H40F4N6O4/c1-4-26-13-28(14-27(5-2)43(26)32(46)47-29-8-6-21(7-9-29)30(44)45)42(18-20-10-24(33(35,36)37)12-25(34)11-20)31-38-15-22(16-39-31)23-17-40-41(3)19-23/h10-12,15-17,19,21,26-29H,4-9,13-14,18H2,1-3H3,(H,44,45). The maximum absolute atomic E-state index is 14.5. The molecule has 2 fully saturated rings. The van der Waals surface area contributed by atoms with Crippen LogP contribution < -0.4 is 4.90 Å². The summed E-state index contributed by atoms with van der Waals surface area (Å²) in [7, 11) is 1.79. The van der Waals surface area contributed by atoms with E-state index in [-0.39, 0.29) is 42.3 Å². The number of hydrogen-bond donors (Lipinski definition) is 1. The Morgan fingerprint density at radius 1 is 0.979 bits per heavy atom. The van der Waals surface area contributed by atoms with Crippen LogP contribution in [0.5, 0.6) is 0 Å². The summed E-state index contributed by atoms with van der Waals surface area (Å²) in [6.45, 7) is 3.84. The molecule has 5 rings (SSSR count). The molecule has 2 unspecified atom stereocenters. The van der Waals surface area contributed by atoms with Crippen LogP contribution >= 0.6 is 0 Å². The van der Waals surface area contributed by atoms with Crippen LogP contribution in [0.25, 0.3) is 11.1 Å². The number of aryl methyl sites for hydroxylation is 1. The van der Waals surface area contributed by atoms with E-state index in [9.17, 15) is 32.3 Å². The maximum atomic E-state index is 14.5. The number of carboxylic acid groups (broad SMARTS) is 1. The summed E-state index contributed by atoms with van der Waals surface area (Å²) >= 11 is 0. The summed E-state index contributed by atoms with van der Waals surface area (Å²) in [5, 5.41) is 13.5. The Labute approximate surface area is 270 Å². The summed E-state index contributed by atoms with van der Waals surface area (Å²) in [5.41, 5.74) is 0.552. The van der Waals surface area contributed by atoms with Crippen molar-refractivity contribution in [2.24, 2.45) is 13.0 Å². The Bertz CT molecular complexity index is 1530. The first-order valence-electron chi connectivity index (χ1n) is 16.0. The lowest BCUT2D eigenvalue weighted by molar-refractivity contribution is -0.143. The highest BCUT2D eigenvalue weighted by Crippen LogP contribution is 2.36. The average Bonchev–Trinajstić information content (AvgIpc) is 3.48. The first-order valence-corrected chi connectivity index (χ1v) is 16.0. The number of aliphatic carboxylic acids is 1. The minimum absolute atomic E-state index is 0.0815. The fourth-order valence-corrected chi connectivity index (χ4v) is 6.81. The minimum Gasteiger partial charge on any atom is -0.481 e. The number of likely N-dealkylation sites (tertiary alicyclic amines) is 1. The number of anilines is 1. The number of benzene rings is 1. The van der Waals surface area contributed by atoms with Crippen molar-refractivity contribution in [2.45, 2.75) is 102 Å². The molecule has 2 aliphatic rings. The molecule has 1 saturated heterocycles. The lowest BCUT2D eigenvalue weighted by Gasteiger charge is -2.47. The van der Waals surface area contributed by atoms with Gasteiger partial charge in [-0.05, 0) is 75.1 Å². The van der Waals surface area contributed by atoms with Crippen molar-refractivity contribution >= 4 is 18.0 Å². The van der Waals surface area contributed by atoms with Gasteiger partial charge < -0.3 is 19.6 Å². The van der Waals surface area contributed by atoms with Crippen LogP contribution in [0.15, 0.2) is 43.0 Å². The summed E-state index contributed by atoms with van der Waals surface area (Å²) in [4.78, 5) is 37.7. The van der Waals surface area contributed by atoms with Gasteiger partial charge in [0.25, 0.3) is 0 Å². The Morgan fingerprint density at radius 2 is 1.62 bits per heavy atom. The molecule has 1 aliphatic carbocycles. The van der Waals surface area contributed by atoms with Crippen LogP contribution in [-0.2, 0) is 29.3 Å². The van der Waals surface area contributed by atoms with Crippen LogP contribution in [0.3, 0.4) is 0 Å². The monoisotopic (exact) mass is 660 g/mol. The molecule has 1 saturated carbocycles. The maximum Gasteiger partial charge on any atom is 0.416 e. The SMILES string of the molecule is CCC1CC(N(Cc2cc(F)cc(C(F)(F)F)c2)c2ncc(-c3cnn(C)c3)cn2)CC(CC)N1C(=O)OC1CCC(C(=O)O)CC1. The Kier molecular flexibility index (Phi) is 10.4. The van der Waals surface area contributed by atoms with Crippen LogP contribution in [0.1, 0.15) is 76.3 Å². The number of carboxylic acids is 1. The fraction of sp³-hybridized carbons (Fsp3) is 0.545. The highest BCUT2D eigenvalue weighted by molar-refractivity contribution is 5.70. The predicted octanol–water partition coefficient (Wildman–Crippen LogP) is 6.84. The van der Waals surface area contributed by atoms with Crippen LogP contribution in [-0.4, -0.2) is 66.0 Å². The second-order valence-corrected chi connectivity index (χ2v) is 12.5. The third-order valence-electron chi connectivity index (χ3n) is 9.33. The van der Waals surface area contributed by atoms with Gasteiger partial charge in [0.05, 0.1) is 17.7 Å². The number of halogens is 4. The van der Waals surface area contributed by atoms with Gasteiger partial charge in [0, 0.05) is 61.4 Å². The molecule has 1 aliphatic heterocycles. The number of rotatable bonds is 9. The number of ether oxygens (including phenoxy) is 1. The smallest absolute Gasteiger partial charge is 0.416 e. The van der Waals surface area contributed by atoms with Gasteiger partial charge in [-0.1, -0.05) is 13.8 Å². The van der Waals surface area contributed by atoms with Crippen molar-refractivity contribution in [3.8, 4) is 11.1 Å². The normalized spacial score (nSPS) is 23.4. The largest absolute Gasteiger partial charge is 0.481 e. The van der Waals surface area contributed by atoms with Gasteiger partial charge in [0.1, 0.15) is 11.9 Å². The van der Waals surface area contributed by atoms with Crippen molar-refractivity contribution in [1.29, 1.82) is 0 Å². The van der Waals surface area contributed by atoms with E-state index in [4.69, 9.17) is 4.74 Å². The molecule has 14 heteroatoms. The van der Waals surface area contributed by atoms with Gasteiger partial charge in [-0.3, -0.25) is 9.48 Å². The number of nitrogens with zero attached hydrogens (tertiary/aromatic N) is 6. The van der Waals surface area contributed by atoms with E-state index in [0.717, 1.165) is 17.7 Å². The second kappa shape index (κ2) is 14.3. The van der Waals surface area contributed by atoms with E-state index in [1.54, 1.807) is 35.2 Å². The number of piperidine rings is 1. The fourth-order valence-electron chi connectivity index (χ4n) is 6.81. The third-order valence-corrected chi connectivity index (χ3v) is 9.33. The molecule has 3 heterocycles. The highest BCUT2D eigenvalue weighted by atomic mass is 19.4. The Morgan fingerprint density at radius 3 is 2.15 bits per heavy atom. The molecule has 3 aromatic rings. The molecule has 47 heavy (non-hydrogen) atoms. The summed E-state index contributed by atoms with van der Waals surface area (Å²) in [5.74, 6) is -1.97. The number of alkyl halides is 3. The van der Waals surface area contributed by atoms with E-state index < -0.39 is 35.5 Å². The molecular weight excluding hydrogens is 620 g/mol. The third kappa shape index (κ3) is 8.02. The van der Waals surface area contributed by atoms with Gasteiger partial charge in [-0.25, -0.2) is 19.2 Å². The minimum atomic E-state index is -4.72. The van der Waals surface area contributed by atoms with Gasteiger partial charge >= 0.3 is 18.2 Å². The molecule has 0 spiro atoms. The van der Waals surface area contributed by atoms with E-state index in [2.05, 4.69) is 15.1 Å². The van der Waals surface area contributed by atoms with Crippen molar-refractivity contribution < 1.29 is 37.0 Å². The van der Waals surface area contributed by atoms with E-state index in [0.29, 0.717) is 63.0 Å². The van der Waals surface area contributed by atoms with Crippen molar-refractivity contribution in [1.82, 2.24) is 24.6 Å². The topological polar surface area (TPSA) is 114 Å². The zero-order valence-electron chi connectivity index (χ0n) is 26.7. The molecule has 1 aromatic carbocycles. The van der Waals surface area contributed by atoms with E-state index in [1.807, 2.05) is 24.9 Å². The molecule has 2 aromatic heterocycles. The Hall–Kier alpha value is -4.23. The quantitative estimate of drug-likeness (QED) is 0.248. The highest BCUT2D eigenvalue weighted by Gasteiger charge is 2.42.